The summed E-state index contributed by atoms with van der Waals surface area (Å²) in [5.41, 5.74) is 0. The van der Waals surface area contributed by atoms with Gasteiger partial charge in [-0.25, -0.2) is 0 Å². The molecule has 6 heteroatoms. The van der Waals surface area contributed by atoms with Crippen molar-refractivity contribution in [1.29, 1.82) is 0 Å². The lowest BCUT2D eigenvalue weighted by atomic mass is 10.0. The zero-order chi connectivity index (χ0) is 40.3. The van der Waals surface area contributed by atoms with Gasteiger partial charge in [0.1, 0.15) is 13.2 Å². The average molecular weight is 779 g/mol. The second-order valence-electron chi connectivity index (χ2n) is 17.2. The molecule has 326 valence electrons. The number of ether oxygens (including phenoxy) is 3. The molecule has 0 bridgehead atoms. The number of hydrogen-bond acceptors (Lipinski definition) is 6. The Morgan fingerprint density at radius 2 is 0.600 bits per heavy atom. The molecule has 1 atom stereocenters. The topological polar surface area (TPSA) is 78.9 Å². The van der Waals surface area contributed by atoms with E-state index in [-0.39, 0.29) is 31.1 Å². The molecular weight excluding hydrogens is 685 g/mol. The number of unbranched alkanes of at least 4 members (excludes halogenated alkanes) is 31. The Morgan fingerprint density at radius 3 is 0.891 bits per heavy atom. The van der Waals surface area contributed by atoms with Crippen molar-refractivity contribution >= 4 is 17.9 Å². The maximum absolute atomic E-state index is 12.7. The Hall–Kier alpha value is -1.59. The van der Waals surface area contributed by atoms with Gasteiger partial charge in [-0.1, -0.05) is 233 Å². The summed E-state index contributed by atoms with van der Waals surface area (Å²) in [5, 5.41) is 0. The van der Waals surface area contributed by atoms with Gasteiger partial charge in [-0.2, -0.15) is 0 Å². The highest BCUT2D eigenvalue weighted by Crippen LogP contribution is 2.17. The number of carbonyl (C=O) groups excluding carboxylic acids is 3. The molecule has 0 aliphatic carbocycles. The molecule has 0 aromatic carbocycles. The highest BCUT2D eigenvalue weighted by molar-refractivity contribution is 5.71. The Bertz CT molecular complexity index is 826. The van der Waals surface area contributed by atoms with Gasteiger partial charge in [0.05, 0.1) is 0 Å². The molecule has 0 aromatic rings. The fourth-order valence-corrected chi connectivity index (χ4v) is 7.33. The van der Waals surface area contributed by atoms with Crippen LogP contribution in [0.3, 0.4) is 0 Å². The Labute approximate surface area is 342 Å². The largest absolute Gasteiger partial charge is 0.462 e. The molecule has 6 nitrogen and oxygen atoms in total. The summed E-state index contributed by atoms with van der Waals surface area (Å²) in [4.78, 5) is 37.7. The highest BCUT2D eigenvalue weighted by atomic mass is 16.6. The summed E-state index contributed by atoms with van der Waals surface area (Å²) in [7, 11) is 0. The van der Waals surface area contributed by atoms with Crippen LogP contribution in [0.25, 0.3) is 0 Å². The van der Waals surface area contributed by atoms with Gasteiger partial charge in [0.2, 0.25) is 0 Å². The van der Waals surface area contributed by atoms with E-state index in [1.54, 1.807) is 0 Å². The first-order chi connectivity index (χ1) is 26.9. The Kier molecular flexibility index (Phi) is 42.3. The third-order valence-electron chi connectivity index (χ3n) is 11.0. The molecule has 0 aliphatic rings. The fourth-order valence-electron chi connectivity index (χ4n) is 7.33. The first-order valence-corrected chi connectivity index (χ1v) is 24.4. The predicted molar refractivity (Wildman–Crippen MR) is 233 cm³/mol. The van der Waals surface area contributed by atoms with E-state index >= 15 is 0 Å². The van der Waals surface area contributed by atoms with Crippen LogP contribution in [0.4, 0.5) is 0 Å². The first-order valence-electron chi connectivity index (χ1n) is 24.4. The van der Waals surface area contributed by atoms with Gasteiger partial charge < -0.3 is 14.2 Å². The van der Waals surface area contributed by atoms with Gasteiger partial charge in [0.15, 0.2) is 6.10 Å². The van der Waals surface area contributed by atoms with Crippen molar-refractivity contribution in [2.45, 2.75) is 278 Å². The van der Waals surface area contributed by atoms with Crippen LogP contribution in [0.1, 0.15) is 272 Å². The molecule has 0 amide bonds. The van der Waals surface area contributed by atoms with Gasteiger partial charge >= 0.3 is 17.9 Å². The van der Waals surface area contributed by atoms with Crippen LogP contribution in [0, 0.1) is 5.92 Å². The molecule has 0 saturated heterocycles. The molecule has 0 fully saturated rings. The third kappa shape index (κ3) is 43.4. The molecule has 0 heterocycles. The normalized spacial score (nSPS) is 11.9. The molecule has 55 heavy (non-hydrogen) atoms. The SMILES string of the molecule is CCCCCCCCCCCCCCCCCCCCCC(=O)O[C@H](COC(=O)CCCCCCCCCCC)COC(=O)CCCCCCCCC(C)C. The average Bonchev–Trinajstić information content (AvgIpc) is 3.17. The van der Waals surface area contributed by atoms with E-state index in [0.29, 0.717) is 19.3 Å². The van der Waals surface area contributed by atoms with Crippen LogP contribution in [-0.4, -0.2) is 37.2 Å². The van der Waals surface area contributed by atoms with Gasteiger partial charge in [-0.15, -0.1) is 0 Å². The molecule has 0 rings (SSSR count). The molecule has 0 spiro atoms. The molecule has 0 N–H and O–H groups in total. The van der Waals surface area contributed by atoms with Gasteiger partial charge in [-0.05, 0) is 25.2 Å². The van der Waals surface area contributed by atoms with Gasteiger partial charge in [-0.3, -0.25) is 14.4 Å². The van der Waals surface area contributed by atoms with Gasteiger partial charge in [0, 0.05) is 19.3 Å². The Morgan fingerprint density at radius 1 is 0.345 bits per heavy atom. The molecule has 0 saturated carbocycles. The lowest BCUT2D eigenvalue weighted by Crippen LogP contribution is -2.30. The molecular formula is C49H94O6. The third-order valence-corrected chi connectivity index (χ3v) is 11.0. The van der Waals surface area contributed by atoms with Crippen molar-refractivity contribution in [2.75, 3.05) is 13.2 Å². The lowest BCUT2D eigenvalue weighted by Gasteiger charge is -2.18. The molecule has 0 unspecified atom stereocenters. The monoisotopic (exact) mass is 779 g/mol. The molecule has 0 aromatic heterocycles. The number of esters is 3. The molecule has 0 radical (unpaired) electrons. The van der Waals surface area contributed by atoms with Crippen molar-refractivity contribution in [3.63, 3.8) is 0 Å². The first kappa shape index (κ1) is 53.4. The van der Waals surface area contributed by atoms with E-state index in [0.717, 1.165) is 63.7 Å². The van der Waals surface area contributed by atoms with E-state index in [4.69, 9.17) is 14.2 Å². The van der Waals surface area contributed by atoms with Crippen molar-refractivity contribution < 1.29 is 28.6 Å². The fraction of sp³-hybridized carbons (Fsp3) is 0.939. The van der Waals surface area contributed by atoms with E-state index in [1.165, 1.54) is 167 Å². The summed E-state index contributed by atoms with van der Waals surface area (Å²) in [6.45, 7) is 8.92. The number of hydrogen-bond donors (Lipinski definition) is 0. The second-order valence-corrected chi connectivity index (χ2v) is 17.2. The zero-order valence-corrected chi connectivity index (χ0v) is 37.4. The van der Waals surface area contributed by atoms with Crippen LogP contribution in [0.5, 0.6) is 0 Å². The summed E-state index contributed by atoms with van der Waals surface area (Å²) < 4.78 is 16.7. The van der Waals surface area contributed by atoms with Gasteiger partial charge in [0.25, 0.3) is 0 Å². The summed E-state index contributed by atoms with van der Waals surface area (Å²) in [6, 6.07) is 0. The quantitative estimate of drug-likeness (QED) is 0.0348. The van der Waals surface area contributed by atoms with E-state index in [1.807, 2.05) is 0 Å². The maximum atomic E-state index is 12.7. The minimum Gasteiger partial charge on any atom is -0.462 e. The maximum Gasteiger partial charge on any atom is 0.306 e. The second kappa shape index (κ2) is 43.5. The van der Waals surface area contributed by atoms with Crippen LogP contribution in [-0.2, 0) is 28.6 Å². The van der Waals surface area contributed by atoms with Crippen molar-refractivity contribution in [3.8, 4) is 0 Å². The van der Waals surface area contributed by atoms with E-state index in [2.05, 4.69) is 27.7 Å². The minimum absolute atomic E-state index is 0.0646. The van der Waals surface area contributed by atoms with Crippen molar-refractivity contribution in [2.24, 2.45) is 5.92 Å². The van der Waals surface area contributed by atoms with Crippen LogP contribution >= 0.6 is 0 Å². The minimum atomic E-state index is -0.759. The van der Waals surface area contributed by atoms with E-state index < -0.39 is 6.10 Å². The summed E-state index contributed by atoms with van der Waals surface area (Å²) >= 11 is 0. The Balaban J connectivity index is 4.20. The smallest absolute Gasteiger partial charge is 0.306 e. The van der Waals surface area contributed by atoms with Crippen molar-refractivity contribution in [1.82, 2.24) is 0 Å². The highest BCUT2D eigenvalue weighted by Gasteiger charge is 2.19. The predicted octanol–water partition coefficient (Wildman–Crippen LogP) is 15.5. The van der Waals surface area contributed by atoms with E-state index in [9.17, 15) is 14.4 Å². The van der Waals surface area contributed by atoms with Crippen LogP contribution in [0.2, 0.25) is 0 Å². The standard InChI is InChI=1S/C49H94O6/c1-5-7-9-11-13-15-16-17-18-19-20-21-22-23-24-26-28-34-38-42-49(52)55-46(43-53-47(50)40-36-32-27-25-14-12-10-8-6-2)44-54-48(51)41-37-33-30-29-31-35-39-45(3)4/h45-46H,5-44H2,1-4H3/t46-/m1/s1. The summed E-state index contributed by atoms with van der Waals surface area (Å²) in [5.74, 6) is -0.0943. The van der Waals surface area contributed by atoms with Crippen LogP contribution in [0.15, 0.2) is 0 Å². The van der Waals surface area contributed by atoms with Crippen molar-refractivity contribution in [3.05, 3.63) is 0 Å². The number of rotatable bonds is 44. The summed E-state index contributed by atoms with van der Waals surface area (Å²) in [6.07, 6.45) is 44.0. The zero-order valence-electron chi connectivity index (χ0n) is 37.4. The van der Waals surface area contributed by atoms with Crippen LogP contribution < -0.4 is 0 Å². The molecule has 0 aliphatic heterocycles. The number of carbonyl (C=O) groups is 3. The lowest BCUT2D eigenvalue weighted by molar-refractivity contribution is -0.167.